The van der Waals surface area contributed by atoms with Crippen LogP contribution in [0.15, 0.2) is 48.5 Å². The summed E-state index contributed by atoms with van der Waals surface area (Å²) in [6.07, 6.45) is -2.52. The summed E-state index contributed by atoms with van der Waals surface area (Å²) in [5, 5.41) is 13.5. The highest BCUT2D eigenvalue weighted by molar-refractivity contribution is 5.76. The van der Waals surface area contributed by atoms with Gasteiger partial charge in [-0.1, -0.05) is 36.4 Å². The first-order valence-corrected chi connectivity index (χ1v) is 8.51. The van der Waals surface area contributed by atoms with E-state index in [9.17, 15) is 23.1 Å². The van der Waals surface area contributed by atoms with E-state index in [1.54, 1.807) is 0 Å². The third-order valence-corrected chi connectivity index (χ3v) is 4.83. The molecule has 0 fully saturated rings. The standard InChI is InChI=1S/C20H20F3NO2/c21-20(22,23)16-8-5-14(6-9-16)7-10-18(25)24-13-19(26)12-11-15-3-1-2-4-17(15)19/h1-6,8-9,26H,7,10-13H2,(H,24,25)/t19-/m0/s1. The molecule has 0 unspecified atom stereocenters. The number of nitrogens with one attached hydrogen (secondary N) is 1. The van der Waals surface area contributed by atoms with Crippen LogP contribution < -0.4 is 5.32 Å². The van der Waals surface area contributed by atoms with Gasteiger partial charge >= 0.3 is 6.18 Å². The van der Waals surface area contributed by atoms with Crippen LogP contribution in [0.25, 0.3) is 0 Å². The van der Waals surface area contributed by atoms with Crippen LogP contribution in [0.1, 0.15) is 35.1 Å². The van der Waals surface area contributed by atoms with Crippen LogP contribution in [0.3, 0.4) is 0 Å². The summed E-state index contributed by atoms with van der Waals surface area (Å²) < 4.78 is 37.6. The molecule has 1 aliphatic rings. The Hall–Kier alpha value is -2.34. The van der Waals surface area contributed by atoms with Crippen molar-refractivity contribution in [3.05, 3.63) is 70.8 Å². The number of halogens is 3. The van der Waals surface area contributed by atoms with Crippen molar-refractivity contribution >= 4 is 5.91 Å². The van der Waals surface area contributed by atoms with Gasteiger partial charge in [-0.05, 0) is 48.1 Å². The van der Waals surface area contributed by atoms with Gasteiger partial charge in [-0.25, -0.2) is 0 Å². The summed E-state index contributed by atoms with van der Waals surface area (Å²) in [5.41, 5.74) is 0.851. The van der Waals surface area contributed by atoms with Crippen LogP contribution >= 0.6 is 0 Å². The molecule has 1 amide bonds. The zero-order valence-electron chi connectivity index (χ0n) is 14.1. The number of carbonyl (C=O) groups excluding carboxylic acids is 1. The smallest absolute Gasteiger partial charge is 0.383 e. The molecule has 0 aromatic heterocycles. The van der Waals surface area contributed by atoms with Gasteiger partial charge in [0.1, 0.15) is 5.60 Å². The number of rotatable bonds is 5. The highest BCUT2D eigenvalue weighted by Gasteiger charge is 2.36. The van der Waals surface area contributed by atoms with Gasteiger partial charge in [0.15, 0.2) is 0 Å². The van der Waals surface area contributed by atoms with Gasteiger partial charge in [0.25, 0.3) is 0 Å². The fraction of sp³-hybridized carbons (Fsp3) is 0.350. The number of alkyl halides is 3. The molecular formula is C20H20F3NO2. The molecule has 0 radical (unpaired) electrons. The maximum Gasteiger partial charge on any atom is 0.416 e. The Kier molecular flexibility index (Phi) is 5.05. The van der Waals surface area contributed by atoms with Crippen LogP contribution in [-0.2, 0) is 29.4 Å². The van der Waals surface area contributed by atoms with Gasteiger partial charge in [-0.2, -0.15) is 13.2 Å². The third kappa shape index (κ3) is 4.07. The van der Waals surface area contributed by atoms with E-state index in [1.807, 2.05) is 24.3 Å². The molecule has 0 bridgehead atoms. The number of aliphatic hydroxyl groups is 1. The summed E-state index contributed by atoms with van der Waals surface area (Å²) in [6.45, 7) is 0.135. The molecule has 2 aromatic carbocycles. The van der Waals surface area contributed by atoms with Crippen LogP contribution in [0.2, 0.25) is 0 Å². The second-order valence-corrected chi connectivity index (χ2v) is 6.66. The third-order valence-electron chi connectivity index (χ3n) is 4.83. The van der Waals surface area contributed by atoms with Crippen molar-refractivity contribution < 1.29 is 23.1 Å². The minimum atomic E-state index is -4.36. The highest BCUT2D eigenvalue weighted by atomic mass is 19.4. The predicted octanol–water partition coefficient (Wildman–Crippen LogP) is 3.59. The number of hydrogen-bond donors (Lipinski definition) is 2. The Balaban J connectivity index is 1.51. The van der Waals surface area contributed by atoms with Gasteiger partial charge in [-0.15, -0.1) is 0 Å². The van der Waals surface area contributed by atoms with Crippen LogP contribution in [0.5, 0.6) is 0 Å². The first-order valence-electron chi connectivity index (χ1n) is 8.51. The minimum Gasteiger partial charge on any atom is -0.383 e. The monoisotopic (exact) mass is 363 g/mol. The van der Waals surface area contributed by atoms with Crippen LogP contribution in [0.4, 0.5) is 13.2 Å². The molecule has 0 aliphatic heterocycles. The van der Waals surface area contributed by atoms with Crippen molar-refractivity contribution in [3.63, 3.8) is 0 Å². The molecule has 0 saturated heterocycles. The quantitative estimate of drug-likeness (QED) is 0.853. The zero-order chi connectivity index (χ0) is 18.8. The van der Waals surface area contributed by atoms with E-state index in [1.165, 1.54) is 12.1 Å². The largest absolute Gasteiger partial charge is 0.416 e. The fourth-order valence-corrected chi connectivity index (χ4v) is 3.30. The van der Waals surface area contributed by atoms with Gasteiger partial charge < -0.3 is 10.4 Å². The van der Waals surface area contributed by atoms with Gasteiger partial charge in [0, 0.05) is 6.42 Å². The Morgan fingerprint density at radius 2 is 1.81 bits per heavy atom. The van der Waals surface area contributed by atoms with E-state index < -0.39 is 17.3 Å². The summed E-state index contributed by atoms with van der Waals surface area (Å²) >= 11 is 0. The van der Waals surface area contributed by atoms with E-state index in [-0.39, 0.29) is 18.9 Å². The highest BCUT2D eigenvalue weighted by Crippen LogP contribution is 2.36. The molecule has 3 nitrogen and oxygen atoms in total. The summed E-state index contributed by atoms with van der Waals surface area (Å²) in [4.78, 5) is 12.1. The number of hydrogen-bond acceptors (Lipinski definition) is 2. The molecular weight excluding hydrogens is 343 g/mol. The molecule has 0 spiro atoms. The second-order valence-electron chi connectivity index (χ2n) is 6.66. The molecule has 1 aliphatic carbocycles. The lowest BCUT2D eigenvalue weighted by atomic mass is 9.96. The maximum atomic E-state index is 12.5. The maximum absolute atomic E-state index is 12.5. The average Bonchev–Trinajstić information content (AvgIpc) is 2.96. The Morgan fingerprint density at radius 3 is 2.50 bits per heavy atom. The Morgan fingerprint density at radius 1 is 1.12 bits per heavy atom. The summed E-state index contributed by atoms with van der Waals surface area (Å²) in [5.74, 6) is -0.234. The number of benzene rings is 2. The second kappa shape index (κ2) is 7.11. The Labute approximate surface area is 149 Å². The van der Waals surface area contributed by atoms with Gasteiger partial charge in [-0.3, -0.25) is 4.79 Å². The molecule has 1 atom stereocenters. The molecule has 6 heteroatoms. The topological polar surface area (TPSA) is 49.3 Å². The van der Waals surface area contributed by atoms with Crippen molar-refractivity contribution in [1.29, 1.82) is 0 Å². The summed E-state index contributed by atoms with van der Waals surface area (Å²) in [6, 6.07) is 12.4. The molecule has 26 heavy (non-hydrogen) atoms. The number of fused-ring (bicyclic) bond motifs is 1. The Bertz CT molecular complexity index is 786. The number of amides is 1. The fourth-order valence-electron chi connectivity index (χ4n) is 3.30. The lowest BCUT2D eigenvalue weighted by molar-refractivity contribution is -0.137. The normalized spacial score (nSPS) is 19.2. The molecule has 138 valence electrons. The summed E-state index contributed by atoms with van der Waals surface area (Å²) in [7, 11) is 0. The van der Waals surface area contributed by atoms with E-state index in [2.05, 4.69) is 5.32 Å². The molecule has 3 rings (SSSR count). The SMILES string of the molecule is O=C(CCc1ccc(C(F)(F)F)cc1)NC[C@@]1(O)CCc2ccccc21. The average molecular weight is 363 g/mol. The first kappa shape index (κ1) is 18.5. The molecule has 0 saturated carbocycles. The van der Waals surface area contributed by atoms with Crippen molar-refractivity contribution in [3.8, 4) is 0 Å². The van der Waals surface area contributed by atoms with Crippen LogP contribution in [0, 0.1) is 0 Å². The molecule has 2 aromatic rings. The molecule has 2 N–H and O–H groups in total. The van der Waals surface area contributed by atoms with Gasteiger partial charge in [0.2, 0.25) is 5.91 Å². The van der Waals surface area contributed by atoms with E-state index in [0.717, 1.165) is 29.7 Å². The predicted molar refractivity (Wildman–Crippen MR) is 91.4 cm³/mol. The lowest BCUT2D eigenvalue weighted by Crippen LogP contribution is -2.39. The van der Waals surface area contributed by atoms with Crippen molar-refractivity contribution in [2.24, 2.45) is 0 Å². The van der Waals surface area contributed by atoms with E-state index in [0.29, 0.717) is 18.4 Å². The van der Waals surface area contributed by atoms with Crippen molar-refractivity contribution in [2.45, 2.75) is 37.5 Å². The van der Waals surface area contributed by atoms with E-state index in [4.69, 9.17) is 0 Å². The van der Waals surface area contributed by atoms with E-state index >= 15 is 0 Å². The minimum absolute atomic E-state index is 0.135. The molecule has 0 heterocycles. The number of carbonyl (C=O) groups is 1. The van der Waals surface area contributed by atoms with Crippen molar-refractivity contribution in [1.82, 2.24) is 5.32 Å². The first-order chi connectivity index (χ1) is 12.3. The van der Waals surface area contributed by atoms with Crippen molar-refractivity contribution in [2.75, 3.05) is 6.54 Å². The zero-order valence-corrected chi connectivity index (χ0v) is 14.1. The number of aryl methyl sites for hydroxylation is 2. The lowest BCUT2D eigenvalue weighted by Gasteiger charge is -2.24. The van der Waals surface area contributed by atoms with Crippen LogP contribution in [-0.4, -0.2) is 17.6 Å². The van der Waals surface area contributed by atoms with Gasteiger partial charge in [0.05, 0.1) is 12.1 Å².